The maximum Gasteiger partial charge on any atom is 0.251 e. The number of piperazine rings is 1. The van der Waals surface area contributed by atoms with Crippen LogP contribution in [0.4, 0.5) is 4.39 Å². The second-order valence-corrected chi connectivity index (χ2v) is 10.6. The molecular weight excluding hydrogens is 441 g/mol. The zero-order chi connectivity index (χ0) is 21.8. The second-order valence-electron chi connectivity index (χ2n) is 8.56. The zero-order valence-corrected chi connectivity index (χ0v) is 20.1. The minimum absolute atomic E-state index is 0. The molecule has 2 aliphatic rings. The Kier molecular flexibility index (Phi) is 9.30. The van der Waals surface area contributed by atoms with Gasteiger partial charge in [-0.05, 0) is 51.2 Å². The topological polar surface area (TPSA) is 69.7 Å². The number of alkyl halides is 1. The van der Waals surface area contributed by atoms with Crippen LogP contribution in [0.1, 0.15) is 56.3 Å². The summed E-state index contributed by atoms with van der Waals surface area (Å²) < 4.78 is 41.0. The van der Waals surface area contributed by atoms with Gasteiger partial charge in [-0.3, -0.25) is 9.69 Å². The fourth-order valence-corrected chi connectivity index (χ4v) is 6.47. The van der Waals surface area contributed by atoms with Crippen molar-refractivity contribution in [1.82, 2.24) is 14.5 Å². The number of carbonyl (C=O) groups excluding carboxylic acids is 1. The fourth-order valence-electron chi connectivity index (χ4n) is 4.97. The molecule has 1 heterocycles. The lowest BCUT2D eigenvalue weighted by molar-refractivity contribution is -0.0206. The van der Waals surface area contributed by atoms with Gasteiger partial charge in [0.25, 0.3) is 5.91 Å². The molecule has 1 aromatic carbocycles. The molecular formula is C22H35ClFN3O3S. The summed E-state index contributed by atoms with van der Waals surface area (Å²) in [6.45, 7) is 5.77. The van der Waals surface area contributed by atoms with E-state index >= 15 is 0 Å². The number of sulfonamides is 1. The number of nitrogens with zero attached hydrogens (tertiary/aromatic N) is 2. The number of hydrogen-bond acceptors (Lipinski definition) is 4. The average Bonchev–Trinajstić information content (AvgIpc) is 2.74. The van der Waals surface area contributed by atoms with Gasteiger partial charge in [-0.1, -0.05) is 25.1 Å². The predicted octanol–water partition coefficient (Wildman–Crippen LogP) is 3.24. The number of carbonyl (C=O) groups is 1. The Bertz CT molecular complexity index is 819. The van der Waals surface area contributed by atoms with Gasteiger partial charge in [0, 0.05) is 43.3 Å². The monoisotopic (exact) mass is 475 g/mol. The van der Waals surface area contributed by atoms with Crippen molar-refractivity contribution in [2.45, 2.75) is 63.7 Å². The Hall–Kier alpha value is -1.22. The minimum atomic E-state index is -3.23. The lowest BCUT2D eigenvalue weighted by atomic mass is 9.74. The summed E-state index contributed by atoms with van der Waals surface area (Å²) in [4.78, 5) is 15.0. The van der Waals surface area contributed by atoms with E-state index in [0.717, 1.165) is 12.8 Å². The molecule has 3 rings (SSSR count). The Morgan fingerprint density at radius 2 is 1.87 bits per heavy atom. The van der Waals surface area contributed by atoms with Crippen molar-refractivity contribution in [2.75, 3.05) is 31.9 Å². The van der Waals surface area contributed by atoms with Crippen LogP contribution in [0.2, 0.25) is 0 Å². The van der Waals surface area contributed by atoms with E-state index in [2.05, 4.69) is 10.2 Å². The van der Waals surface area contributed by atoms with Crippen LogP contribution >= 0.6 is 12.4 Å². The number of hydrogen-bond donors (Lipinski definition) is 1. The Morgan fingerprint density at radius 1 is 1.23 bits per heavy atom. The molecule has 1 aliphatic heterocycles. The van der Waals surface area contributed by atoms with Crippen LogP contribution in [-0.4, -0.2) is 73.2 Å². The number of benzene rings is 1. The molecule has 176 valence electrons. The third-order valence-corrected chi connectivity index (χ3v) is 8.69. The molecule has 6 nitrogen and oxygen atoms in total. The second kappa shape index (κ2) is 11.1. The number of nitrogens with one attached hydrogen (secondary N) is 1. The van der Waals surface area contributed by atoms with Crippen LogP contribution in [0.25, 0.3) is 0 Å². The van der Waals surface area contributed by atoms with Crippen LogP contribution in [0.5, 0.6) is 0 Å². The maximum atomic E-state index is 14.6. The molecule has 1 saturated heterocycles. The van der Waals surface area contributed by atoms with Crippen molar-refractivity contribution < 1.29 is 17.6 Å². The van der Waals surface area contributed by atoms with Crippen molar-refractivity contribution in [3.8, 4) is 0 Å². The van der Waals surface area contributed by atoms with E-state index in [1.165, 1.54) is 0 Å². The van der Waals surface area contributed by atoms with Gasteiger partial charge in [-0.25, -0.2) is 12.8 Å². The quantitative estimate of drug-likeness (QED) is 0.657. The summed E-state index contributed by atoms with van der Waals surface area (Å²) in [6.07, 6.45) is 2.17. The smallest absolute Gasteiger partial charge is 0.251 e. The van der Waals surface area contributed by atoms with Gasteiger partial charge >= 0.3 is 0 Å². The standard InChI is InChI=1S/C22H34FN3O3S.ClH/c1-3-16-30(28,29)26-14-12-25(13-15-26)22(11-7-10-20(23)17-22)18(2)24-21(27)19-8-5-4-6-9-19;/h4-6,8-9,18,20H,3,7,10-17H2,1-2H3,(H,24,27);1H. The van der Waals surface area contributed by atoms with Gasteiger partial charge in [0.05, 0.1) is 5.75 Å². The first-order chi connectivity index (χ1) is 14.3. The minimum Gasteiger partial charge on any atom is -0.348 e. The van der Waals surface area contributed by atoms with E-state index in [4.69, 9.17) is 0 Å². The van der Waals surface area contributed by atoms with E-state index in [1.807, 2.05) is 32.0 Å². The summed E-state index contributed by atoms with van der Waals surface area (Å²) in [5.74, 6) is 0.00133. The summed E-state index contributed by atoms with van der Waals surface area (Å²) >= 11 is 0. The van der Waals surface area contributed by atoms with E-state index in [-0.39, 0.29) is 30.1 Å². The van der Waals surface area contributed by atoms with Crippen LogP contribution < -0.4 is 5.32 Å². The summed E-state index contributed by atoms with van der Waals surface area (Å²) in [5.41, 5.74) is 0.0884. The molecule has 0 bridgehead atoms. The zero-order valence-electron chi connectivity index (χ0n) is 18.4. The highest BCUT2D eigenvalue weighted by atomic mass is 35.5. The third-order valence-electron chi connectivity index (χ3n) is 6.62. The highest BCUT2D eigenvalue weighted by Crippen LogP contribution is 2.39. The number of halogens is 2. The molecule has 1 aromatic rings. The molecule has 1 aliphatic carbocycles. The van der Waals surface area contributed by atoms with Gasteiger partial charge in [0.1, 0.15) is 6.17 Å². The first-order valence-corrected chi connectivity index (χ1v) is 12.6. The van der Waals surface area contributed by atoms with Gasteiger partial charge < -0.3 is 5.32 Å². The molecule has 9 heteroatoms. The van der Waals surface area contributed by atoms with Crippen molar-refractivity contribution in [2.24, 2.45) is 0 Å². The van der Waals surface area contributed by atoms with Crippen LogP contribution in [-0.2, 0) is 10.0 Å². The highest BCUT2D eigenvalue weighted by Gasteiger charge is 2.47. The molecule has 1 amide bonds. The molecule has 2 fully saturated rings. The molecule has 31 heavy (non-hydrogen) atoms. The van der Waals surface area contributed by atoms with Gasteiger partial charge in [0.2, 0.25) is 10.0 Å². The van der Waals surface area contributed by atoms with Crippen LogP contribution in [0, 0.1) is 0 Å². The molecule has 0 radical (unpaired) electrons. The average molecular weight is 476 g/mol. The van der Waals surface area contributed by atoms with E-state index in [0.29, 0.717) is 51.0 Å². The Balaban J connectivity index is 0.00000341. The summed E-state index contributed by atoms with van der Waals surface area (Å²) in [5, 5.41) is 3.11. The fraction of sp³-hybridized carbons (Fsp3) is 0.682. The van der Waals surface area contributed by atoms with Crippen LogP contribution in [0.3, 0.4) is 0 Å². The largest absolute Gasteiger partial charge is 0.348 e. The first kappa shape index (κ1) is 26.0. The van der Waals surface area contributed by atoms with Gasteiger partial charge in [0.15, 0.2) is 0 Å². The normalized spacial score (nSPS) is 26.6. The van der Waals surface area contributed by atoms with Gasteiger partial charge in [-0.15, -0.1) is 12.4 Å². The Morgan fingerprint density at radius 3 is 2.45 bits per heavy atom. The van der Waals surface area contributed by atoms with Crippen molar-refractivity contribution in [1.29, 1.82) is 0 Å². The molecule has 0 aromatic heterocycles. The first-order valence-electron chi connectivity index (χ1n) is 11.0. The lowest BCUT2D eigenvalue weighted by Crippen LogP contribution is -2.67. The molecule has 3 unspecified atom stereocenters. The Labute approximate surface area is 192 Å². The van der Waals surface area contributed by atoms with E-state index in [1.54, 1.807) is 16.4 Å². The van der Waals surface area contributed by atoms with Crippen molar-refractivity contribution in [3.05, 3.63) is 35.9 Å². The van der Waals surface area contributed by atoms with Gasteiger partial charge in [-0.2, -0.15) is 4.31 Å². The van der Waals surface area contributed by atoms with Crippen molar-refractivity contribution >= 4 is 28.3 Å². The molecule has 1 N–H and O–H groups in total. The maximum absolute atomic E-state index is 14.6. The van der Waals surface area contributed by atoms with E-state index < -0.39 is 21.7 Å². The third kappa shape index (κ3) is 5.97. The lowest BCUT2D eigenvalue weighted by Gasteiger charge is -2.53. The molecule has 0 spiro atoms. The highest BCUT2D eigenvalue weighted by molar-refractivity contribution is 7.89. The molecule has 1 saturated carbocycles. The van der Waals surface area contributed by atoms with Crippen LogP contribution in [0.15, 0.2) is 30.3 Å². The SMILES string of the molecule is CCCS(=O)(=O)N1CCN(C2(C(C)NC(=O)c3ccccc3)CCCC(F)C2)CC1.Cl. The predicted molar refractivity (Wildman–Crippen MR) is 124 cm³/mol. The summed E-state index contributed by atoms with van der Waals surface area (Å²) in [7, 11) is -3.23. The summed E-state index contributed by atoms with van der Waals surface area (Å²) in [6, 6.07) is 8.80. The van der Waals surface area contributed by atoms with Crippen molar-refractivity contribution in [3.63, 3.8) is 0 Å². The number of amides is 1. The molecule has 3 atom stereocenters. The number of rotatable bonds is 7. The van der Waals surface area contributed by atoms with E-state index in [9.17, 15) is 17.6 Å².